The summed E-state index contributed by atoms with van der Waals surface area (Å²) in [5.74, 6) is 0.129. The van der Waals surface area contributed by atoms with Gasteiger partial charge in [-0.25, -0.2) is 0 Å². The molecule has 15 heavy (non-hydrogen) atoms. The van der Waals surface area contributed by atoms with Gasteiger partial charge in [0.15, 0.2) is 0 Å². The average molecular weight is 268 g/mol. The Morgan fingerprint density at radius 1 is 1.33 bits per heavy atom. The molecule has 1 heterocycles. The molecule has 0 aliphatic carbocycles. The lowest BCUT2D eigenvalue weighted by Gasteiger charge is -2.21. The van der Waals surface area contributed by atoms with Crippen LogP contribution in [-0.2, 0) is 0 Å². The maximum absolute atomic E-state index is 7.60. The van der Waals surface area contributed by atoms with Crippen molar-refractivity contribution in [3.63, 3.8) is 0 Å². The van der Waals surface area contributed by atoms with Gasteiger partial charge in [-0.1, -0.05) is 6.07 Å². The summed E-state index contributed by atoms with van der Waals surface area (Å²) < 4.78 is 0.902. The number of anilines is 1. The summed E-state index contributed by atoms with van der Waals surface area (Å²) in [6.45, 7) is 2.13. The standard InChI is InChI=1S/C11H14BrN3/c12-8-4-3-5-9(10(8)11(13)14)15-6-1-2-7-15/h3-5H,1-2,6-7H2,(H3,13,14). The molecule has 0 unspecified atom stereocenters. The van der Waals surface area contributed by atoms with E-state index in [2.05, 4.69) is 20.8 Å². The largest absolute Gasteiger partial charge is 0.384 e. The van der Waals surface area contributed by atoms with Crippen LogP contribution in [0.1, 0.15) is 18.4 Å². The van der Waals surface area contributed by atoms with Crippen molar-refractivity contribution in [3.05, 3.63) is 28.2 Å². The fourth-order valence-corrected chi connectivity index (χ4v) is 2.57. The van der Waals surface area contributed by atoms with E-state index in [1.165, 1.54) is 12.8 Å². The normalized spacial score (nSPS) is 15.7. The molecule has 0 aromatic heterocycles. The topological polar surface area (TPSA) is 53.1 Å². The molecule has 3 nitrogen and oxygen atoms in total. The summed E-state index contributed by atoms with van der Waals surface area (Å²) in [5, 5.41) is 7.60. The van der Waals surface area contributed by atoms with E-state index in [9.17, 15) is 0 Å². The summed E-state index contributed by atoms with van der Waals surface area (Å²) in [5.41, 5.74) is 7.51. The van der Waals surface area contributed by atoms with Gasteiger partial charge in [-0.3, -0.25) is 5.41 Å². The van der Waals surface area contributed by atoms with E-state index < -0.39 is 0 Å². The zero-order valence-electron chi connectivity index (χ0n) is 8.46. The first-order chi connectivity index (χ1) is 7.20. The highest BCUT2D eigenvalue weighted by Gasteiger charge is 2.18. The Morgan fingerprint density at radius 3 is 2.60 bits per heavy atom. The van der Waals surface area contributed by atoms with E-state index in [1.807, 2.05) is 18.2 Å². The van der Waals surface area contributed by atoms with Gasteiger partial charge < -0.3 is 10.6 Å². The van der Waals surface area contributed by atoms with Crippen molar-refractivity contribution in [2.45, 2.75) is 12.8 Å². The Kier molecular flexibility index (Phi) is 2.95. The third-order valence-corrected chi connectivity index (χ3v) is 3.37. The second-order valence-corrected chi connectivity index (χ2v) is 4.60. The van der Waals surface area contributed by atoms with Gasteiger partial charge in [-0.2, -0.15) is 0 Å². The summed E-state index contributed by atoms with van der Waals surface area (Å²) in [6, 6.07) is 5.95. The van der Waals surface area contributed by atoms with Crippen molar-refractivity contribution in [2.75, 3.05) is 18.0 Å². The third-order valence-electron chi connectivity index (χ3n) is 2.71. The van der Waals surface area contributed by atoms with Gasteiger partial charge in [0.25, 0.3) is 0 Å². The Hall–Kier alpha value is -1.03. The molecule has 2 rings (SSSR count). The molecule has 3 N–H and O–H groups in total. The smallest absolute Gasteiger partial charge is 0.126 e. The van der Waals surface area contributed by atoms with E-state index in [0.29, 0.717) is 0 Å². The molecule has 0 atom stereocenters. The highest BCUT2D eigenvalue weighted by atomic mass is 79.9. The molecule has 1 fully saturated rings. The van der Waals surface area contributed by atoms with Crippen LogP contribution in [0, 0.1) is 5.41 Å². The maximum Gasteiger partial charge on any atom is 0.126 e. The van der Waals surface area contributed by atoms with Crippen molar-refractivity contribution in [1.82, 2.24) is 0 Å². The number of amidine groups is 1. The molecule has 0 amide bonds. The Balaban J connectivity index is 2.45. The summed E-state index contributed by atoms with van der Waals surface area (Å²) in [6.07, 6.45) is 2.45. The molecule has 1 aromatic carbocycles. The molecule has 4 heteroatoms. The number of nitrogens with zero attached hydrogens (tertiary/aromatic N) is 1. The fourth-order valence-electron chi connectivity index (χ4n) is 2.00. The number of nitrogens with one attached hydrogen (secondary N) is 1. The lowest BCUT2D eigenvalue weighted by Crippen LogP contribution is -2.23. The highest BCUT2D eigenvalue weighted by molar-refractivity contribution is 9.10. The lowest BCUT2D eigenvalue weighted by molar-refractivity contribution is 0.949. The van der Waals surface area contributed by atoms with Crippen molar-refractivity contribution >= 4 is 27.5 Å². The van der Waals surface area contributed by atoms with Gasteiger partial charge in [0, 0.05) is 23.2 Å². The van der Waals surface area contributed by atoms with Gasteiger partial charge in [-0.05, 0) is 40.9 Å². The minimum atomic E-state index is 0.129. The SMILES string of the molecule is N=C(N)c1c(Br)cccc1N1CCCC1. The Morgan fingerprint density at radius 2 is 2.00 bits per heavy atom. The first kappa shape index (κ1) is 10.5. The van der Waals surface area contributed by atoms with Gasteiger partial charge in [0.2, 0.25) is 0 Å². The van der Waals surface area contributed by atoms with E-state index in [0.717, 1.165) is 28.8 Å². The minimum absolute atomic E-state index is 0.129. The zero-order valence-corrected chi connectivity index (χ0v) is 10.0. The van der Waals surface area contributed by atoms with Crippen LogP contribution in [0.25, 0.3) is 0 Å². The number of nitrogen functional groups attached to an aromatic ring is 1. The highest BCUT2D eigenvalue weighted by Crippen LogP contribution is 2.29. The molecular formula is C11H14BrN3. The van der Waals surface area contributed by atoms with Crippen LogP contribution in [0.5, 0.6) is 0 Å². The molecule has 1 saturated heterocycles. The monoisotopic (exact) mass is 267 g/mol. The van der Waals surface area contributed by atoms with Crippen LogP contribution in [-0.4, -0.2) is 18.9 Å². The van der Waals surface area contributed by atoms with Gasteiger partial charge in [0.1, 0.15) is 5.84 Å². The van der Waals surface area contributed by atoms with Crippen LogP contribution in [0.3, 0.4) is 0 Å². The van der Waals surface area contributed by atoms with Crippen LogP contribution in [0.15, 0.2) is 22.7 Å². The molecule has 0 saturated carbocycles. The fraction of sp³-hybridized carbons (Fsp3) is 0.364. The predicted octanol–water partition coefficient (Wildman–Crippen LogP) is 2.33. The molecule has 0 spiro atoms. The number of benzene rings is 1. The first-order valence-corrected chi connectivity index (χ1v) is 5.87. The number of hydrogen-bond donors (Lipinski definition) is 2. The second kappa shape index (κ2) is 4.23. The van der Waals surface area contributed by atoms with Crippen molar-refractivity contribution in [2.24, 2.45) is 5.73 Å². The third kappa shape index (κ3) is 2.00. The summed E-state index contributed by atoms with van der Waals surface area (Å²) >= 11 is 3.45. The minimum Gasteiger partial charge on any atom is -0.384 e. The Labute approximate surface area is 97.9 Å². The maximum atomic E-state index is 7.60. The number of rotatable bonds is 2. The van der Waals surface area contributed by atoms with Crippen LogP contribution in [0.4, 0.5) is 5.69 Å². The zero-order chi connectivity index (χ0) is 10.8. The van der Waals surface area contributed by atoms with E-state index in [1.54, 1.807) is 0 Å². The van der Waals surface area contributed by atoms with Crippen LogP contribution >= 0.6 is 15.9 Å². The van der Waals surface area contributed by atoms with Gasteiger partial charge in [-0.15, -0.1) is 0 Å². The molecule has 1 aliphatic rings. The molecule has 1 aromatic rings. The lowest BCUT2D eigenvalue weighted by atomic mass is 10.1. The van der Waals surface area contributed by atoms with E-state index in [-0.39, 0.29) is 5.84 Å². The van der Waals surface area contributed by atoms with E-state index in [4.69, 9.17) is 11.1 Å². The Bertz CT molecular complexity index is 383. The quantitative estimate of drug-likeness (QED) is 0.639. The van der Waals surface area contributed by atoms with Gasteiger partial charge in [0.05, 0.1) is 5.56 Å². The molecule has 0 bridgehead atoms. The molecule has 1 aliphatic heterocycles. The number of nitrogens with two attached hydrogens (primary N) is 1. The molecule has 80 valence electrons. The average Bonchev–Trinajstić information content (AvgIpc) is 2.69. The molecule has 0 radical (unpaired) electrons. The van der Waals surface area contributed by atoms with Crippen molar-refractivity contribution in [3.8, 4) is 0 Å². The second-order valence-electron chi connectivity index (χ2n) is 3.74. The number of halogens is 1. The summed E-state index contributed by atoms with van der Waals surface area (Å²) in [7, 11) is 0. The van der Waals surface area contributed by atoms with Crippen LogP contribution in [0.2, 0.25) is 0 Å². The summed E-state index contributed by atoms with van der Waals surface area (Å²) in [4.78, 5) is 2.29. The first-order valence-electron chi connectivity index (χ1n) is 5.08. The van der Waals surface area contributed by atoms with E-state index >= 15 is 0 Å². The van der Waals surface area contributed by atoms with Gasteiger partial charge >= 0.3 is 0 Å². The van der Waals surface area contributed by atoms with Crippen molar-refractivity contribution < 1.29 is 0 Å². The van der Waals surface area contributed by atoms with Crippen LogP contribution < -0.4 is 10.6 Å². The van der Waals surface area contributed by atoms with Crippen molar-refractivity contribution in [1.29, 1.82) is 5.41 Å². The molecular weight excluding hydrogens is 254 g/mol. The number of hydrogen-bond acceptors (Lipinski definition) is 2. The predicted molar refractivity (Wildman–Crippen MR) is 66.6 cm³/mol.